The van der Waals surface area contributed by atoms with E-state index in [1.165, 1.54) is 7.11 Å². The van der Waals surface area contributed by atoms with E-state index in [0.717, 1.165) is 68.6 Å². The van der Waals surface area contributed by atoms with Gasteiger partial charge in [0.2, 0.25) is 11.8 Å². The Balaban J connectivity index is 3.59. The Morgan fingerprint density at radius 1 is 0.658 bits per heavy atom. The molecule has 0 aromatic heterocycles. The van der Waals surface area contributed by atoms with E-state index in [9.17, 15) is 14.4 Å². The van der Waals surface area contributed by atoms with Gasteiger partial charge in [-0.25, -0.2) is 4.79 Å². The lowest BCUT2D eigenvalue weighted by molar-refractivity contribution is -0.135. The lowest BCUT2D eigenvalue weighted by Crippen LogP contribution is -2.26. The zero-order valence-corrected chi connectivity index (χ0v) is 23.9. The van der Waals surface area contributed by atoms with Crippen molar-refractivity contribution in [2.45, 2.75) is 58.3 Å². The number of rotatable bonds is 22. The number of hydrogen-bond donors (Lipinski definition) is 2. The minimum atomic E-state index is -0.564. The van der Waals surface area contributed by atoms with Crippen LogP contribution in [0, 0.1) is 0 Å². The van der Waals surface area contributed by atoms with E-state index in [0.29, 0.717) is 19.5 Å². The summed E-state index contributed by atoms with van der Waals surface area (Å²) in [5.41, 5.74) is 0. The first-order chi connectivity index (χ1) is 18.6. The van der Waals surface area contributed by atoms with E-state index in [2.05, 4.69) is 89.1 Å². The molecule has 0 aliphatic rings. The van der Waals surface area contributed by atoms with Crippen molar-refractivity contribution in [3.63, 3.8) is 0 Å². The molecule has 0 aliphatic heterocycles. The van der Waals surface area contributed by atoms with Crippen LogP contribution in [0.4, 0.5) is 0 Å². The van der Waals surface area contributed by atoms with Crippen LogP contribution in [0.1, 0.15) is 58.3 Å². The van der Waals surface area contributed by atoms with Gasteiger partial charge >= 0.3 is 5.97 Å². The summed E-state index contributed by atoms with van der Waals surface area (Å²) in [5, 5.41) is 5.58. The number of carbonyl (C=O) groups is 3. The number of amides is 2. The molecule has 0 unspecified atom stereocenters. The molecule has 0 fully saturated rings. The fourth-order valence-corrected chi connectivity index (χ4v) is 3.52. The molecule has 0 saturated heterocycles. The quantitative estimate of drug-likeness (QED) is 0.0741. The summed E-state index contributed by atoms with van der Waals surface area (Å²) in [6.45, 7) is 3.24. The SMILES string of the molecule is CC/C=C\C/C=C\C/C=C\C/C=C\C/C=C\C/C=C\CCC(=O)NCCSCCNC(=O)/C=C/C(=O)OC. The first-order valence-corrected chi connectivity index (χ1v) is 14.5. The number of thioether (sulfide) groups is 1. The van der Waals surface area contributed by atoms with Gasteiger partial charge in [-0.1, -0.05) is 79.8 Å². The van der Waals surface area contributed by atoms with Gasteiger partial charge in [0.25, 0.3) is 0 Å². The normalized spacial score (nSPS) is 12.4. The van der Waals surface area contributed by atoms with E-state index in [-0.39, 0.29) is 11.8 Å². The van der Waals surface area contributed by atoms with Gasteiger partial charge in [0.05, 0.1) is 7.11 Å². The Bertz CT molecular complexity index is 839. The molecule has 210 valence electrons. The van der Waals surface area contributed by atoms with Crippen LogP contribution in [0.2, 0.25) is 0 Å². The van der Waals surface area contributed by atoms with Crippen LogP contribution < -0.4 is 10.6 Å². The predicted octanol–water partition coefficient (Wildman–Crippen LogP) is 6.16. The largest absolute Gasteiger partial charge is 0.466 e. The molecular weight excluding hydrogens is 496 g/mol. The molecule has 2 N–H and O–H groups in total. The van der Waals surface area contributed by atoms with E-state index >= 15 is 0 Å². The second-order valence-corrected chi connectivity index (χ2v) is 9.29. The van der Waals surface area contributed by atoms with Crippen LogP contribution in [0.3, 0.4) is 0 Å². The average molecular weight is 543 g/mol. The Labute approximate surface area is 234 Å². The van der Waals surface area contributed by atoms with Gasteiger partial charge in [-0.15, -0.1) is 0 Å². The molecule has 0 heterocycles. The van der Waals surface area contributed by atoms with Gasteiger partial charge in [-0.3, -0.25) is 9.59 Å². The van der Waals surface area contributed by atoms with Gasteiger partial charge in [0, 0.05) is 43.2 Å². The number of ether oxygens (including phenoxy) is 1. The first kappa shape index (κ1) is 34.9. The van der Waals surface area contributed by atoms with E-state index < -0.39 is 5.97 Å². The zero-order valence-electron chi connectivity index (χ0n) is 23.1. The minimum absolute atomic E-state index is 0.0476. The second-order valence-electron chi connectivity index (χ2n) is 8.06. The van der Waals surface area contributed by atoms with Crippen LogP contribution in [0.25, 0.3) is 0 Å². The highest BCUT2D eigenvalue weighted by atomic mass is 32.2. The molecule has 0 aromatic carbocycles. The second kappa shape index (κ2) is 28.5. The van der Waals surface area contributed by atoms with Crippen LogP contribution in [0.15, 0.2) is 85.1 Å². The number of esters is 1. The van der Waals surface area contributed by atoms with Crippen molar-refractivity contribution in [1.82, 2.24) is 10.6 Å². The van der Waals surface area contributed by atoms with Crippen LogP contribution in [-0.2, 0) is 19.1 Å². The third kappa shape index (κ3) is 27.5. The highest BCUT2D eigenvalue weighted by Gasteiger charge is 2.00. The number of hydrogen-bond acceptors (Lipinski definition) is 5. The standard InChI is InChI=1S/C31H46N2O4S/c1-3-4-5-6-7-8-9-10-11-12-13-14-15-16-17-18-19-20-21-22-29(34)32-25-27-38-28-26-33-30(35)23-24-31(36)37-2/h4-5,7-8,10-11,13-14,16-17,19-20,23-24H,3,6,9,12,15,18,21-22,25-28H2,1-2H3,(H,32,34)(H,33,35)/b5-4-,8-7-,11-10-,14-13-,17-16-,20-19-,24-23+. The molecular formula is C31H46N2O4S. The van der Waals surface area contributed by atoms with Crippen molar-refractivity contribution >= 4 is 29.5 Å². The van der Waals surface area contributed by atoms with Crippen molar-refractivity contribution in [3.8, 4) is 0 Å². The Hall–Kier alpha value is -3.06. The van der Waals surface area contributed by atoms with Crippen molar-refractivity contribution in [2.24, 2.45) is 0 Å². The molecule has 7 heteroatoms. The summed E-state index contributed by atoms with van der Waals surface area (Å²) in [4.78, 5) is 34.2. The van der Waals surface area contributed by atoms with Crippen molar-refractivity contribution in [3.05, 3.63) is 85.1 Å². The summed E-state index contributed by atoms with van der Waals surface area (Å²) < 4.78 is 4.42. The van der Waals surface area contributed by atoms with Crippen molar-refractivity contribution in [2.75, 3.05) is 31.7 Å². The van der Waals surface area contributed by atoms with Crippen molar-refractivity contribution < 1.29 is 19.1 Å². The molecule has 0 aliphatic carbocycles. The summed E-state index contributed by atoms with van der Waals surface area (Å²) in [5.74, 6) is 0.655. The first-order valence-electron chi connectivity index (χ1n) is 13.4. The fourth-order valence-electron chi connectivity index (χ4n) is 2.82. The highest BCUT2D eigenvalue weighted by Crippen LogP contribution is 1.99. The van der Waals surface area contributed by atoms with Gasteiger partial charge in [-0.05, 0) is 44.9 Å². The van der Waals surface area contributed by atoms with E-state index in [1.807, 2.05) is 6.08 Å². The maximum Gasteiger partial charge on any atom is 0.330 e. The Morgan fingerprint density at radius 3 is 1.63 bits per heavy atom. The maximum absolute atomic E-state index is 11.9. The number of methoxy groups -OCH3 is 1. The smallest absolute Gasteiger partial charge is 0.330 e. The third-order valence-corrected chi connectivity index (χ3v) is 5.81. The molecule has 0 atom stereocenters. The molecule has 6 nitrogen and oxygen atoms in total. The topological polar surface area (TPSA) is 84.5 Å². The average Bonchev–Trinajstić information content (AvgIpc) is 2.92. The van der Waals surface area contributed by atoms with E-state index in [1.54, 1.807) is 11.8 Å². The minimum Gasteiger partial charge on any atom is -0.466 e. The molecule has 0 saturated carbocycles. The molecule has 0 spiro atoms. The third-order valence-electron chi connectivity index (χ3n) is 4.82. The monoisotopic (exact) mass is 542 g/mol. The zero-order chi connectivity index (χ0) is 27.9. The lowest BCUT2D eigenvalue weighted by atomic mass is 10.2. The maximum atomic E-state index is 11.9. The Kier molecular flexibility index (Phi) is 26.2. The predicted molar refractivity (Wildman–Crippen MR) is 162 cm³/mol. The number of nitrogens with one attached hydrogen (secondary N) is 2. The molecule has 0 rings (SSSR count). The summed E-state index contributed by atoms with van der Waals surface area (Å²) in [7, 11) is 1.26. The molecule has 0 aromatic rings. The number of allylic oxidation sites excluding steroid dienone is 12. The van der Waals surface area contributed by atoms with E-state index in [4.69, 9.17) is 0 Å². The van der Waals surface area contributed by atoms with Crippen molar-refractivity contribution in [1.29, 1.82) is 0 Å². The van der Waals surface area contributed by atoms with Crippen LogP contribution >= 0.6 is 11.8 Å². The highest BCUT2D eigenvalue weighted by molar-refractivity contribution is 7.99. The Morgan fingerprint density at radius 2 is 1.13 bits per heavy atom. The molecule has 0 radical (unpaired) electrons. The van der Waals surface area contributed by atoms with Gasteiger partial charge in [0.15, 0.2) is 0 Å². The number of carbonyl (C=O) groups excluding carboxylic acids is 3. The fraction of sp³-hybridized carbons (Fsp3) is 0.452. The van der Waals surface area contributed by atoms with Crippen LogP contribution in [0.5, 0.6) is 0 Å². The van der Waals surface area contributed by atoms with Gasteiger partial charge in [0.1, 0.15) is 0 Å². The molecule has 38 heavy (non-hydrogen) atoms. The van der Waals surface area contributed by atoms with Crippen LogP contribution in [-0.4, -0.2) is 49.5 Å². The lowest BCUT2D eigenvalue weighted by Gasteiger charge is -2.05. The summed E-state index contributed by atoms with van der Waals surface area (Å²) in [6, 6.07) is 0. The molecule has 2 amide bonds. The van der Waals surface area contributed by atoms with Gasteiger partial charge < -0.3 is 15.4 Å². The summed E-state index contributed by atoms with van der Waals surface area (Å²) >= 11 is 1.64. The summed E-state index contributed by atoms with van der Waals surface area (Å²) in [6.07, 6.45) is 35.3. The molecule has 0 bridgehead atoms. The van der Waals surface area contributed by atoms with Gasteiger partial charge in [-0.2, -0.15) is 11.8 Å².